The molecule has 144 valence electrons. The monoisotopic (exact) mass is 389 g/mol. The number of hydrogen-bond acceptors (Lipinski definition) is 5. The molecule has 0 radical (unpaired) electrons. The van der Waals surface area contributed by atoms with E-state index in [-0.39, 0.29) is 6.54 Å². The molecule has 0 spiro atoms. The number of hydrogen-bond donors (Lipinski definition) is 1. The normalized spacial score (nSPS) is 12.0. The van der Waals surface area contributed by atoms with Crippen molar-refractivity contribution >= 4 is 21.4 Å². The van der Waals surface area contributed by atoms with Gasteiger partial charge in [0.2, 0.25) is 0 Å². The summed E-state index contributed by atoms with van der Waals surface area (Å²) in [5.74, 6) is 1.41. The molecule has 3 aromatic rings. The third-order valence-electron chi connectivity index (χ3n) is 4.05. The molecule has 9 heteroatoms. The zero-order chi connectivity index (χ0) is 19.4. The van der Waals surface area contributed by atoms with E-state index in [9.17, 15) is 8.42 Å². The van der Waals surface area contributed by atoms with Gasteiger partial charge in [0, 0.05) is 20.3 Å². The summed E-state index contributed by atoms with van der Waals surface area (Å²) in [4.78, 5) is 8.96. The van der Waals surface area contributed by atoms with Crippen molar-refractivity contribution in [3.05, 3.63) is 54.0 Å². The van der Waals surface area contributed by atoms with Crippen molar-refractivity contribution in [1.29, 1.82) is 0 Å². The SMILES string of the molecule is CCOc1ccc(Cn2c(CNS(=O)(=O)N(C)C)nc3cccnc32)cc1. The van der Waals surface area contributed by atoms with Crippen LogP contribution in [0.3, 0.4) is 0 Å². The standard InChI is InChI=1S/C18H23N5O3S/c1-4-26-15-9-7-14(8-10-15)13-23-17(12-20-27(24,25)22(2)3)21-16-6-5-11-19-18(16)23/h5-11,20H,4,12-13H2,1-3H3. The molecule has 0 saturated heterocycles. The Balaban J connectivity index is 1.90. The van der Waals surface area contributed by atoms with Crippen molar-refractivity contribution < 1.29 is 13.2 Å². The second-order valence-electron chi connectivity index (χ2n) is 6.15. The number of imidazole rings is 1. The van der Waals surface area contributed by atoms with E-state index < -0.39 is 10.2 Å². The number of aromatic nitrogens is 3. The van der Waals surface area contributed by atoms with Gasteiger partial charge in [0.15, 0.2) is 5.65 Å². The summed E-state index contributed by atoms with van der Waals surface area (Å²) in [6.45, 7) is 3.16. The molecule has 27 heavy (non-hydrogen) atoms. The lowest BCUT2D eigenvalue weighted by Crippen LogP contribution is -2.35. The minimum absolute atomic E-state index is 0.0773. The van der Waals surface area contributed by atoms with Crippen LogP contribution < -0.4 is 9.46 Å². The van der Waals surface area contributed by atoms with Crippen LogP contribution in [0.15, 0.2) is 42.6 Å². The van der Waals surface area contributed by atoms with Gasteiger partial charge in [0.1, 0.15) is 17.1 Å². The average molecular weight is 389 g/mol. The molecule has 0 unspecified atom stereocenters. The van der Waals surface area contributed by atoms with Gasteiger partial charge in [-0.2, -0.15) is 17.4 Å². The molecule has 1 aromatic carbocycles. The molecule has 0 bridgehead atoms. The van der Waals surface area contributed by atoms with E-state index in [0.717, 1.165) is 21.1 Å². The number of nitrogens with zero attached hydrogens (tertiary/aromatic N) is 4. The summed E-state index contributed by atoms with van der Waals surface area (Å²) in [6, 6.07) is 11.5. The Kier molecular flexibility index (Phi) is 5.73. The van der Waals surface area contributed by atoms with Crippen LogP contribution in [0.5, 0.6) is 5.75 Å². The Bertz CT molecular complexity index is 1010. The number of ether oxygens (including phenoxy) is 1. The third-order valence-corrected chi connectivity index (χ3v) is 5.52. The topological polar surface area (TPSA) is 89.4 Å². The van der Waals surface area contributed by atoms with Crippen LogP contribution in [-0.4, -0.2) is 48.0 Å². The van der Waals surface area contributed by atoms with Gasteiger partial charge in [-0.25, -0.2) is 9.97 Å². The Hall–Kier alpha value is -2.49. The van der Waals surface area contributed by atoms with Crippen molar-refractivity contribution in [3.8, 4) is 5.75 Å². The molecular weight excluding hydrogens is 366 g/mol. The highest BCUT2D eigenvalue weighted by atomic mass is 32.2. The maximum atomic E-state index is 12.0. The summed E-state index contributed by atoms with van der Waals surface area (Å²) >= 11 is 0. The maximum absolute atomic E-state index is 12.0. The number of pyridine rings is 1. The summed E-state index contributed by atoms with van der Waals surface area (Å²) < 4.78 is 35.2. The molecular formula is C18H23N5O3S. The second kappa shape index (κ2) is 8.03. The minimum Gasteiger partial charge on any atom is -0.494 e. The lowest BCUT2D eigenvalue weighted by Gasteiger charge is -2.13. The molecule has 2 aromatic heterocycles. The highest BCUT2D eigenvalue weighted by Crippen LogP contribution is 2.18. The van der Waals surface area contributed by atoms with Crippen LogP contribution >= 0.6 is 0 Å². The first-order chi connectivity index (χ1) is 12.9. The van der Waals surface area contributed by atoms with Gasteiger partial charge in [-0.15, -0.1) is 0 Å². The number of fused-ring (bicyclic) bond motifs is 1. The first kappa shape index (κ1) is 19.3. The van der Waals surface area contributed by atoms with Gasteiger partial charge in [-0.3, -0.25) is 0 Å². The highest BCUT2D eigenvalue weighted by molar-refractivity contribution is 7.87. The van der Waals surface area contributed by atoms with Crippen LogP contribution in [-0.2, 0) is 23.3 Å². The molecule has 2 heterocycles. The summed E-state index contributed by atoms with van der Waals surface area (Å²) in [5.41, 5.74) is 2.48. The van der Waals surface area contributed by atoms with E-state index in [4.69, 9.17) is 4.74 Å². The molecule has 0 saturated carbocycles. The van der Waals surface area contributed by atoms with Gasteiger partial charge >= 0.3 is 0 Å². The number of nitrogens with one attached hydrogen (secondary N) is 1. The second-order valence-corrected chi connectivity index (χ2v) is 8.11. The minimum atomic E-state index is -3.54. The van der Waals surface area contributed by atoms with E-state index in [0.29, 0.717) is 24.6 Å². The van der Waals surface area contributed by atoms with Gasteiger partial charge in [-0.1, -0.05) is 12.1 Å². The van der Waals surface area contributed by atoms with Crippen molar-refractivity contribution in [2.24, 2.45) is 0 Å². The first-order valence-electron chi connectivity index (χ1n) is 8.59. The molecule has 0 aliphatic rings. The lowest BCUT2D eigenvalue weighted by atomic mass is 10.2. The fraction of sp³-hybridized carbons (Fsp3) is 0.333. The molecule has 8 nitrogen and oxygen atoms in total. The van der Waals surface area contributed by atoms with Crippen LogP contribution in [0.25, 0.3) is 11.2 Å². The van der Waals surface area contributed by atoms with Crippen LogP contribution in [0.2, 0.25) is 0 Å². The largest absolute Gasteiger partial charge is 0.494 e. The summed E-state index contributed by atoms with van der Waals surface area (Å²) in [5, 5.41) is 0. The fourth-order valence-electron chi connectivity index (χ4n) is 2.63. The molecule has 1 N–H and O–H groups in total. The number of rotatable bonds is 8. The lowest BCUT2D eigenvalue weighted by molar-refractivity contribution is 0.340. The molecule has 0 aliphatic heterocycles. The van der Waals surface area contributed by atoms with Gasteiger partial charge < -0.3 is 9.30 Å². The summed E-state index contributed by atoms with van der Waals surface area (Å²) in [6.07, 6.45) is 1.70. The molecule has 3 rings (SSSR count). The Labute approximate surface area is 159 Å². The molecule has 0 aliphatic carbocycles. The predicted molar refractivity (Wildman–Crippen MR) is 104 cm³/mol. The van der Waals surface area contributed by atoms with E-state index in [1.807, 2.05) is 47.9 Å². The van der Waals surface area contributed by atoms with E-state index in [2.05, 4.69) is 14.7 Å². The molecule has 0 amide bonds. The predicted octanol–water partition coefficient (Wildman–Crippen LogP) is 1.77. The quantitative estimate of drug-likeness (QED) is 0.634. The highest BCUT2D eigenvalue weighted by Gasteiger charge is 2.17. The fourth-order valence-corrected chi connectivity index (χ4v) is 3.20. The van der Waals surface area contributed by atoms with Crippen molar-refractivity contribution in [2.75, 3.05) is 20.7 Å². The zero-order valence-electron chi connectivity index (χ0n) is 15.6. The molecule has 0 fully saturated rings. The average Bonchev–Trinajstić information content (AvgIpc) is 2.99. The number of benzene rings is 1. The van der Waals surface area contributed by atoms with Gasteiger partial charge in [-0.05, 0) is 36.8 Å². The first-order valence-corrected chi connectivity index (χ1v) is 10.0. The van der Waals surface area contributed by atoms with Gasteiger partial charge in [0.25, 0.3) is 10.2 Å². The van der Waals surface area contributed by atoms with Crippen LogP contribution in [0.1, 0.15) is 18.3 Å². The Morgan fingerprint density at radius 3 is 2.59 bits per heavy atom. The van der Waals surface area contributed by atoms with Crippen molar-refractivity contribution in [1.82, 2.24) is 23.6 Å². The van der Waals surface area contributed by atoms with E-state index in [1.54, 1.807) is 6.20 Å². The van der Waals surface area contributed by atoms with E-state index in [1.165, 1.54) is 14.1 Å². The molecule has 0 atom stereocenters. The Morgan fingerprint density at radius 1 is 1.19 bits per heavy atom. The van der Waals surface area contributed by atoms with Crippen molar-refractivity contribution in [3.63, 3.8) is 0 Å². The summed E-state index contributed by atoms with van der Waals surface area (Å²) in [7, 11) is -0.584. The van der Waals surface area contributed by atoms with Crippen molar-refractivity contribution in [2.45, 2.75) is 20.0 Å². The third kappa shape index (κ3) is 4.44. The smallest absolute Gasteiger partial charge is 0.279 e. The Morgan fingerprint density at radius 2 is 1.93 bits per heavy atom. The van der Waals surface area contributed by atoms with Crippen LogP contribution in [0.4, 0.5) is 0 Å². The van der Waals surface area contributed by atoms with Crippen LogP contribution in [0, 0.1) is 0 Å². The maximum Gasteiger partial charge on any atom is 0.279 e. The zero-order valence-corrected chi connectivity index (χ0v) is 16.4. The van der Waals surface area contributed by atoms with Gasteiger partial charge in [0.05, 0.1) is 19.7 Å². The van der Waals surface area contributed by atoms with E-state index >= 15 is 0 Å².